The summed E-state index contributed by atoms with van der Waals surface area (Å²) >= 11 is 6.90. The van der Waals surface area contributed by atoms with Crippen LogP contribution in [0.3, 0.4) is 0 Å². The zero-order chi connectivity index (χ0) is 9.84. The van der Waals surface area contributed by atoms with Crippen molar-refractivity contribution in [2.45, 2.75) is 13.8 Å². The van der Waals surface area contributed by atoms with Crippen molar-refractivity contribution < 1.29 is 0 Å². The molecule has 0 aromatic carbocycles. The Morgan fingerprint density at radius 2 is 1.92 bits per heavy atom. The molecule has 0 radical (unpaired) electrons. The van der Waals surface area contributed by atoms with Crippen molar-refractivity contribution in [1.82, 2.24) is 4.98 Å². The van der Waals surface area contributed by atoms with Gasteiger partial charge in [0.05, 0.1) is 10.2 Å². The minimum Gasteiger partial charge on any atom is -0.371 e. The summed E-state index contributed by atoms with van der Waals surface area (Å²) in [5, 5.41) is 0. The molecule has 1 aromatic rings. The molecule has 0 spiro atoms. The number of anilines is 1. The molecule has 4 heteroatoms. The Labute approximate surface area is 95.6 Å². The molecule has 0 atom stereocenters. The Morgan fingerprint density at radius 1 is 1.31 bits per heavy atom. The summed E-state index contributed by atoms with van der Waals surface area (Å²) in [6, 6.07) is 2.02. The average molecular weight is 308 g/mol. The highest BCUT2D eigenvalue weighted by Gasteiger charge is 2.08. The summed E-state index contributed by atoms with van der Waals surface area (Å²) in [4.78, 5) is 6.41. The maximum Gasteiger partial charge on any atom is 0.122 e. The molecule has 0 aliphatic carbocycles. The Morgan fingerprint density at radius 3 is 2.46 bits per heavy atom. The number of rotatable bonds is 3. The third kappa shape index (κ3) is 2.44. The number of pyridine rings is 1. The van der Waals surface area contributed by atoms with Crippen LogP contribution in [0.1, 0.15) is 13.8 Å². The molecule has 72 valence electrons. The fourth-order valence-corrected chi connectivity index (χ4v) is 2.02. The summed E-state index contributed by atoms with van der Waals surface area (Å²) in [6.07, 6.45) is 1.81. The maximum atomic E-state index is 4.13. The van der Waals surface area contributed by atoms with Crippen LogP contribution in [0.15, 0.2) is 21.3 Å². The van der Waals surface area contributed by atoms with E-state index in [4.69, 9.17) is 0 Å². The highest BCUT2D eigenvalue weighted by molar-refractivity contribution is 9.13. The minimum absolute atomic E-state index is 0.858. The lowest BCUT2D eigenvalue weighted by Crippen LogP contribution is -2.22. The molecule has 0 unspecified atom stereocenters. The van der Waals surface area contributed by atoms with Crippen molar-refractivity contribution in [1.29, 1.82) is 0 Å². The van der Waals surface area contributed by atoms with Crippen LogP contribution in [-0.4, -0.2) is 18.1 Å². The van der Waals surface area contributed by atoms with E-state index in [-0.39, 0.29) is 0 Å². The fourth-order valence-electron chi connectivity index (χ4n) is 1.22. The van der Waals surface area contributed by atoms with Crippen LogP contribution in [0, 0.1) is 0 Å². The Kier molecular flexibility index (Phi) is 4.19. The normalized spacial score (nSPS) is 10.2. The molecule has 0 aliphatic rings. The maximum absolute atomic E-state index is 4.13. The Balaban J connectivity index is 3.05. The highest BCUT2D eigenvalue weighted by atomic mass is 79.9. The molecule has 1 heterocycles. The van der Waals surface area contributed by atoms with Gasteiger partial charge in [-0.05, 0) is 51.8 Å². The molecular formula is C9H12Br2N2. The van der Waals surface area contributed by atoms with E-state index in [1.165, 1.54) is 5.69 Å². The monoisotopic (exact) mass is 306 g/mol. The van der Waals surface area contributed by atoms with Gasteiger partial charge in [0, 0.05) is 19.3 Å². The van der Waals surface area contributed by atoms with Crippen LogP contribution in [0.2, 0.25) is 0 Å². The van der Waals surface area contributed by atoms with Crippen molar-refractivity contribution in [2.75, 3.05) is 18.0 Å². The van der Waals surface area contributed by atoms with Gasteiger partial charge < -0.3 is 4.90 Å². The number of hydrogen-bond acceptors (Lipinski definition) is 2. The van der Waals surface area contributed by atoms with Gasteiger partial charge in [0.2, 0.25) is 0 Å². The molecule has 0 bridgehead atoms. The van der Waals surface area contributed by atoms with Crippen molar-refractivity contribution in [3.63, 3.8) is 0 Å². The van der Waals surface area contributed by atoms with Gasteiger partial charge in [-0.2, -0.15) is 0 Å². The van der Waals surface area contributed by atoms with E-state index in [1.54, 1.807) is 0 Å². The van der Waals surface area contributed by atoms with Crippen LogP contribution in [0.25, 0.3) is 0 Å². The van der Waals surface area contributed by atoms with E-state index in [1.807, 2.05) is 12.3 Å². The third-order valence-corrected chi connectivity index (χ3v) is 3.85. The molecule has 0 amide bonds. The van der Waals surface area contributed by atoms with Crippen LogP contribution in [-0.2, 0) is 0 Å². The largest absolute Gasteiger partial charge is 0.371 e. The number of hydrogen-bond donors (Lipinski definition) is 0. The van der Waals surface area contributed by atoms with E-state index < -0.39 is 0 Å². The highest BCUT2D eigenvalue weighted by Crippen LogP contribution is 2.30. The second-order valence-electron chi connectivity index (χ2n) is 2.61. The molecule has 0 saturated heterocycles. The lowest BCUT2D eigenvalue weighted by atomic mass is 10.3. The van der Waals surface area contributed by atoms with Gasteiger partial charge in [0.25, 0.3) is 0 Å². The first-order chi connectivity index (χ1) is 6.20. The lowest BCUT2D eigenvalue weighted by molar-refractivity contribution is 0.860. The van der Waals surface area contributed by atoms with Gasteiger partial charge in [0.1, 0.15) is 4.60 Å². The quantitative estimate of drug-likeness (QED) is 0.795. The van der Waals surface area contributed by atoms with Gasteiger partial charge >= 0.3 is 0 Å². The topological polar surface area (TPSA) is 16.1 Å². The second kappa shape index (κ2) is 4.96. The fraction of sp³-hybridized carbons (Fsp3) is 0.444. The predicted octanol–water partition coefficient (Wildman–Crippen LogP) is 3.45. The smallest absolute Gasteiger partial charge is 0.122 e. The molecule has 1 aromatic heterocycles. The molecule has 0 saturated carbocycles. The Hall–Kier alpha value is -0.0900. The van der Waals surface area contributed by atoms with Crippen molar-refractivity contribution in [3.05, 3.63) is 21.3 Å². The molecule has 0 fully saturated rings. The van der Waals surface area contributed by atoms with Gasteiger partial charge in [-0.15, -0.1) is 0 Å². The first-order valence-electron chi connectivity index (χ1n) is 4.25. The van der Waals surface area contributed by atoms with Crippen LogP contribution in [0.5, 0.6) is 0 Å². The van der Waals surface area contributed by atoms with Gasteiger partial charge in [-0.25, -0.2) is 4.98 Å². The first-order valence-corrected chi connectivity index (χ1v) is 5.84. The summed E-state index contributed by atoms with van der Waals surface area (Å²) in [6.45, 7) is 6.30. The van der Waals surface area contributed by atoms with Crippen molar-refractivity contribution in [2.24, 2.45) is 0 Å². The molecule has 0 aliphatic heterocycles. The standard InChI is InChI=1S/C9H12Br2N2/c1-3-13(4-2)7-5-6-12-9(11)8(7)10/h5-6H,3-4H2,1-2H3. The second-order valence-corrected chi connectivity index (χ2v) is 4.15. The molecule has 1 rings (SSSR count). The van der Waals surface area contributed by atoms with E-state index in [0.29, 0.717) is 0 Å². The molecule has 2 nitrogen and oxygen atoms in total. The number of nitrogens with zero attached hydrogens (tertiary/aromatic N) is 2. The minimum atomic E-state index is 0.858. The third-order valence-electron chi connectivity index (χ3n) is 1.93. The Bertz CT molecular complexity index is 285. The average Bonchev–Trinajstić information content (AvgIpc) is 2.14. The van der Waals surface area contributed by atoms with Crippen molar-refractivity contribution in [3.8, 4) is 0 Å². The van der Waals surface area contributed by atoms with E-state index in [9.17, 15) is 0 Å². The molecular weight excluding hydrogens is 296 g/mol. The first kappa shape index (κ1) is 11.0. The zero-order valence-corrected chi connectivity index (χ0v) is 10.9. The molecule has 0 N–H and O–H groups in total. The van der Waals surface area contributed by atoms with Crippen LogP contribution < -0.4 is 4.90 Å². The SMILES string of the molecule is CCN(CC)c1ccnc(Br)c1Br. The number of aromatic nitrogens is 1. The zero-order valence-electron chi connectivity index (χ0n) is 7.72. The summed E-state index contributed by atoms with van der Waals surface area (Å²) in [5.74, 6) is 0. The van der Waals surface area contributed by atoms with E-state index in [0.717, 1.165) is 22.2 Å². The van der Waals surface area contributed by atoms with E-state index >= 15 is 0 Å². The van der Waals surface area contributed by atoms with Gasteiger partial charge in [0.15, 0.2) is 0 Å². The van der Waals surface area contributed by atoms with Crippen LogP contribution in [0.4, 0.5) is 5.69 Å². The van der Waals surface area contributed by atoms with Crippen molar-refractivity contribution >= 4 is 37.5 Å². The summed E-state index contributed by atoms with van der Waals surface area (Å²) in [7, 11) is 0. The van der Waals surface area contributed by atoms with E-state index in [2.05, 4.69) is 55.6 Å². The summed E-state index contributed by atoms with van der Waals surface area (Å²) in [5.41, 5.74) is 1.19. The lowest BCUT2D eigenvalue weighted by Gasteiger charge is -2.22. The predicted molar refractivity (Wildman–Crippen MR) is 63.2 cm³/mol. The van der Waals surface area contributed by atoms with Gasteiger partial charge in [-0.1, -0.05) is 0 Å². The molecule has 13 heavy (non-hydrogen) atoms. The number of halogens is 2. The summed E-state index contributed by atoms with van der Waals surface area (Å²) < 4.78 is 1.88. The van der Waals surface area contributed by atoms with Crippen LogP contribution >= 0.6 is 31.9 Å². The van der Waals surface area contributed by atoms with Gasteiger partial charge in [-0.3, -0.25) is 0 Å².